The third kappa shape index (κ3) is 2.47. The molecule has 1 saturated carbocycles. The normalized spacial score (nSPS) is 29.6. The maximum absolute atomic E-state index is 12.4. The first-order valence-corrected chi connectivity index (χ1v) is 6.64. The average molecular weight is 256 g/mol. The molecule has 3 rings (SSSR count). The standard InChI is InChI=1S/C15H16N2O2/c16-9-12-10-17(6-7-19-12)15(18)14-8-13(14)11-4-2-1-3-5-11/h1-5,12-14H,6-8,10H2. The van der Waals surface area contributed by atoms with Gasteiger partial charge in [-0.2, -0.15) is 5.26 Å². The molecule has 4 heteroatoms. The van der Waals surface area contributed by atoms with Crippen LogP contribution in [-0.4, -0.2) is 36.6 Å². The first-order valence-electron chi connectivity index (χ1n) is 6.64. The van der Waals surface area contributed by atoms with Crippen LogP contribution in [0.4, 0.5) is 0 Å². The van der Waals surface area contributed by atoms with Crippen LogP contribution in [0.5, 0.6) is 0 Å². The molecule has 1 aromatic rings. The lowest BCUT2D eigenvalue weighted by molar-refractivity contribution is -0.138. The lowest BCUT2D eigenvalue weighted by Crippen LogP contribution is -2.45. The van der Waals surface area contributed by atoms with Crippen LogP contribution in [0, 0.1) is 17.2 Å². The molecule has 1 aliphatic carbocycles. The Hall–Kier alpha value is -1.86. The van der Waals surface area contributed by atoms with E-state index < -0.39 is 6.10 Å². The Balaban J connectivity index is 1.62. The molecule has 19 heavy (non-hydrogen) atoms. The molecule has 0 radical (unpaired) electrons. The molecule has 1 amide bonds. The fourth-order valence-electron chi connectivity index (χ4n) is 2.70. The van der Waals surface area contributed by atoms with E-state index >= 15 is 0 Å². The highest BCUT2D eigenvalue weighted by molar-refractivity contribution is 5.83. The van der Waals surface area contributed by atoms with Crippen molar-refractivity contribution in [3.8, 4) is 6.07 Å². The number of nitrogens with zero attached hydrogens (tertiary/aromatic N) is 2. The number of hydrogen-bond acceptors (Lipinski definition) is 3. The van der Waals surface area contributed by atoms with Crippen LogP contribution in [0.1, 0.15) is 17.9 Å². The van der Waals surface area contributed by atoms with Gasteiger partial charge in [-0.05, 0) is 17.9 Å². The number of hydrogen-bond donors (Lipinski definition) is 0. The number of nitriles is 1. The topological polar surface area (TPSA) is 53.3 Å². The molecule has 1 saturated heterocycles. The zero-order chi connectivity index (χ0) is 13.2. The van der Waals surface area contributed by atoms with Crippen LogP contribution in [0.2, 0.25) is 0 Å². The molecule has 98 valence electrons. The SMILES string of the molecule is N#CC1CN(C(=O)C2CC2c2ccccc2)CCO1. The Labute approximate surface area is 112 Å². The van der Waals surface area contributed by atoms with E-state index in [1.165, 1.54) is 5.56 Å². The van der Waals surface area contributed by atoms with Gasteiger partial charge in [0.25, 0.3) is 0 Å². The molecule has 1 aliphatic heterocycles. The Morgan fingerprint density at radius 3 is 2.89 bits per heavy atom. The van der Waals surface area contributed by atoms with E-state index in [9.17, 15) is 4.79 Å². The highest BCUT2D eigenvalue weighted by Crippen LogP contribution is 2.48. The molecule has 3 atom stereocenters. The van der Waals surface area contributed by atoms with Crippen LogP contribution in [0.3, 0.4) is 0 Å². The van der Waals surface area contributed by atoms with Gasteiger partial charge >= 0.3 is 0 Å². The quantitative estimate of drug-likeness (QED) is 0.806. The summed E-state index contributed by atoms with van der Waals surface area (Å²) >= 11 is 0. The van der Waals surface area contributed by atoms with E-state index in [0.29, 0.717) is 25.6 Å². The first-order chi connectivity index (χ1) is 9.29. The van der Waals surface area contributed by atoms with Gasteiger partial charge in [0.05, 0.1) is 19.2 Å². The van der Waals surface area contributed by atoms with Gasteiger partial charge in [0.15, 0.2) is 6.10 Å². The molecule has 0 N–H and O–H groups in total. The van der Waals surface area contributed by atoms with Gasteiger partial charge in [-0.3, -0.25) is 4.79 Å². The Morgan fingerprint density at radius 1 is 1.37 bits per heavy atom. The van der Waals surface area contributed by atoms with Gasteiger partial charge in [-0.15, -0.1) is 0 Å². The van der Waals surface area contributed by atoms with Crippen LogP contribution in [0.25, 0.3) is 0 Å². The van der Waals surface area contributed by atoms with Crippen LogP contribution < -0.4 is 0 Å². The van der Waals surface area contributed by atoms with Crippen LogP contribution in [0.15, 0.2) is 30.3 Å². The predicted molar refractivity (Wildman–Crippen MR) is 69.2 cm³/mol. The highest BCUT2D eigenvalue weighted by atomic mass is 16.5. The summed E-state index contributed by atoms with van der Waals surface area (Å²) in [6.45, 7) is 1.48. The molecule has 2 aliphatic rings. The number of rotatable bonds is 2. The van der Waals surface area contributed by atoms with E-state index in [1.54, 1.807) is 4.90 Å². The lowest BCUT2D eigenvalue weighted by atomic mass is 10.1. The number of carbonyl (C=O) groups is 1. The Kier molecular flexibility index (Phi) is 3.22. The van der Waals surface area contributed by atoms with E-state index in [4.69, 9.17) is 10.00 Å². The van der Waals surface area contributed by atoms with Gasteiger partial charge in [0.1, 0.15) is 0 Å². The second-order valence-electron chi connectivity index (χ2n) is 5.13. The van der Waals surface area contributed by atoms with E-state index in [-0.39, 0.29) is 11.8 Å². The first kappa shape index (κ1) is 12.2. The smallest absolute Gasteiger partial charge is 0.226 e. The van der Waals surface area contributed by atoms with Crippen molar-refractivity contribution in [2.45, 2.75) is 18.4 Å². The van der Waals surface area contributed by atoms with Crippen molar-refractivity contribution in [3.05, 3.63) is 35.9 Å². The molecule has 1 heterocycles. The number of amides is 1. The van der Waals surface area contributed by atoms with Crippen molar-refractivity contribution < 1.29 is 9.53 Å². The number of carbonyl (C=O) groups excluding carboxylic acids is 1. The molecule has 0 aromatic heterocycles. The van der Waals surface area contributed by atoms with Crippen molar-refractivity contribution in [1.82, 2.24) is 4.90 Å². The summed E-state index contributed by atoms with van der Waals surface area (Å²) < 4.78 is 5.26. The van der Waals surface area contributed by atoms with Gasteiger partial charge in [0, 0.05) is 12.5 Å². The van der Waals surface area contributed by atoms with Crippen LogP contribution in [-0.2, 0) is 9.53 Å². The minimum atomic E-state index is -0.466. The molecule has 4 nitrogen and oxygen atoms in total. The van der Waals surface area contributed by atoms with Crippen molar-refractivity contribution in [1.29, 1.82) is 5.26 Å². The van der Waals surface area contributed by atoms with Crippen LogP contribution >= 0.6 is 0 Å². The number of morpholine rings is 1. The third-order valence-electron chi connectivity index (χ3n) is 3.86. The molecule has 2 fully saturated rings. The Morgan fingerprint density at radius 2 is 2.16 bits per heavy atom. The van der Waals surface area contributed by atoms with E-state index in [0.717, 1.165) is 6.42 Å². The largest absolute Gasteiger partial charge is 0.360 e. The maximum atomic E-state index is 12.4. The summed E-state index contributed by atoms with van der Waals surface area (Å²) in [5, 5.41) is 8.86. The molecular weight excluding hydrogens is 240 g/mol. The summed E-state index contributed by atoms with van der Waals surface area (Å²) in [7, 11) is 0. The molecular formula is C15H16N2O2. The lowest BCUT2D eigenvalue weighted by Gasteiger charge is -2.30. The minimum absolute atomic E-state index is 0.0971. The van der Waals surface area contributed by atoms with Gasteiger partial charge in [0.2, 0.25) is 5.91 Å². The summed E-state index contributed by atoms with van der Waals surface area (Å²) in [4.78, 5) is 14.1. The predicted octanol–water partition coefficient (Wildman–Crippen LogP) is 1.54. The molecule has 0 spiro atoms. The van der Waals surface area contributed by atoms with Crippen molar-refractivity contribution in [3.63, 3.8) is 0 Å². The number of ether oxygens (including phenoxy) is 1. The fourth-order valence-corrected chi connectivity index (χ4v) is 2.70. The fraction of sp³-hybridized carbons (Fsp3) is 0.467. The number of benzene rings is 1. The second-order valence-corrected chi connectivity index (χ2v) is 5.13. The third-order valence-corrected chi connectivity index (χ3v) is 3.86. The monoisotopic (exact) mass is 256 g/mol. The summed E-state index contributed by atoms with van der Waals surface area (Å²) in [6.07, 6.45) is 0.462. The maximum Gasteiger partial charge on any atom is 0.226 e. The summed E-state index contributed by atoms with van der Waals surface area (Å²) in [6, 6.07) is 12.2. The average Bonchev–Trinajstić information content (AvgIpc) is 3.28. The molecule has 0 bridgehead atoms. The van der Waals surface area contributed by atoms with Gasteiger partial charge in [-0.1, -0.05) is 30.3 Å². The minimum Gasteiger partial charge on any atom is -0.360 e. The Bertz CT molecular complexity index is 509. The van der Waals surface area contributed by atoms with Crippen molar-refractivity contribution in [2.24, 2.45) is 5.92 Å². The summed E-state index contributed by atoms with van der Waals surface area (Å²) in [5.41, 5.74) is 1.24. The molecule has 1 aromatic carbocycles. The van der Waals surface area contributed by atoms with Gasteiger partial charge < -0.3 is 9.64 Å². The summed E-state index contributed by atoms with van der Waals surface area (Å²) in [5.74, 6) is 0.634. The molecule has 3 unspecified atom stereocenters. The zero-order valence-corrected chi connectivity index (χ0v) is 10.7. The van der Waals surface area contributed by atoms with E-state index in [2.05, 4.69) is 18.2 Å². The van der Waals surface area contributed by atoms with Gasteiger partial charge in [-0.25, -0.2) is 0 Å². The van der Waals surface area contributed by atoms with Crippen molar-refractivity contribution in [2.75, 3.05) is 19.7 Å². The second kappa shape index (κ2) is 5.02. The van der Waals surface area contributed by atoms with Crippen molar-refractivity contribution >= 4 is 5.91 Å². The highest BCUT2D eigenvalue weighted by Gasteiger charge is 2.46. The zero-order valence-electron chi connectivity index (χ0n) is 10.7. The van der Waals surface area contributed by atoms with E-state index in [1.807, 2.05) is 18.2 Å².